The van der Waals surface area contributed by atoms with E-state index in [4.69, 9.17) is 9.47 Å². The quantitative estimate of drug-likeness (QED) is 0.623. The Labute approximate surface area is 188 Å². The van der Waals surface area contributed by atoms with E-state index in [1.54, 1.807) is 26.4 Å². The van der Waals surface area contributed by atoms with Gasteiger partial charge in [-0.1, -0.05) is 43.3 Å². The maximum Gasteiger partial charge on any atom is 0.278 e. The zero-order chi connectivity index (χ0) is 22.7. The van der Waals surface area contributed by atoms with E-state index >= 15 is 0 Å². The highest BCUT2D eigenvalue weighted by Crippen LogP contribution is 2.37. The smallest absolute Gasteiger partial charge is 0.278 e. The first kappa shape index (κ1) is 21.9. The minimum atomic E-state index is -0.279. The van der Waals surface area contributed by atoms with Crippen LogP contribution in [-0.4, -0.2) is 73.5 Å². The van der Waals surface area contributed by atoms with Crippen LogP contribution >= 0.6 is 0 Å². The van der Waals surface area contributed by atoms with Gasteiger partial charge in [0.2, 0.25) is 0 Å². The number of carbonyl (C=O) groups is 2. The van der Waals surface area contributed by atoms with Crippen molar-refractivity contribution in [2.45, 2.75) is 13.5 Å². The van der Waals surface area contributed by atoms with Crippen LogP contribution in [0.25, 0.3) is 5.57 Å². The Bertz CT molecular complexity index is 1030. The predicted octanol–water partition coefficient (Wildman–Crippen LogP) is 2.62. The molecule has 2 heterocycles. The Hall–Kier alpha value is -3.32. The summed E-state index contributed by atoms with van der Waals surface area (Å²) in [6.07, 6.45) is 0. The van der Waals surface area contributed by atoms with E-state index in [1.807, 2.05) is 36.4 Å². The summed E-state index contributed by atoms with van der Waals surface area (Å²) in [5.74, 6) is 0.579. The van der Waals surface area contributed by atoms with E-state index in [1.165, 1.54) is 4.90 Å². The Morgan fingerprint density at radius 2 is 1.53 bits per heavy atom. The number of likely N-dealkylation sites (N-methyl/N-ethyl adjacent to an activating group) is 1. The van der Waals surface area contributed by atoms with Crippen molar-refractivity contribution < 1.29 is 19.1 Å². The molecule has 0 N–H and O–H groups in total. The van der Waals surface area contributed by atoms with E-state index in [0.29, 0.717) is 41.4 Å². The third-order valence-electron chi connectivity index (χ3n) is 6.14. The molecule has 0 saturated carbocycles. The van der Waals surface area contributed by atoms with Gasteiger partial charge >= 0.3 is 0 Å². The van der Waals surface area contributed by atoms with E-state index < -0.39 is 0 Å². The Balaban J connectivity index is 1.74. The second-order valence-electron chi connectivity index (χ2n) is 7.90. The van der Waals surface area contributed by atoms with Gasteiger partial charge in [0.25, 0.3) is 11.8 Å². The molecule has 0 aromatic heterocycles. The minimum absolute atomic E-state index is 0.242. The first-order valence-corrected chi connectivity index (χ1v) is 10.9. The second kappa shape index (κ2) is 9.44. The molecule has 2 aromatic carbocycles. The van der Waals surface area contributed by atoms with Crippen molar-refractivity contribution in [1.82, 2.24) is 14.7 Å². The molecule has 2 aliphatic rings. The van der Waals surface area contributed by atoms with Gasteiger partial charge < -0.3 is 19.3 Å². The van der Waals surface area contributed by atoms with Crippen LogP contribution in [0.3, 0.4) is 0 Å². The van der Waals surface area contributed by atoms with Crippen LogP contribution in [0.1, 0.15) is 18.1 Å². The fourth-order valence-corrected chi connectivity index (χ4v) is 4.31. The van der Waals surface area contributed by atoms with Gasteiger partial charge in [0.15, 0.2) is 11.5 Å². The number of ether oxygens (including phenoxy) is 2. The molecule has 7 nitrogen and oxygen atoms in total. The van der Waals surface area contributed by atoms with Gasteiger partial charge in [-0.25, -0.2) is 0 Å². The predicted molar refractivity (Wildman–Crippen MR) is 122 cm³/mol. The van der Waals surface area contributed by atoms with Gasteiger partial charge in [-0.15, -0.1) is 0 Å². The Morgan fingerprint density at radius 3 is 2.16 bits per heavy atom. The number of nitrogens with zero attached hydrogens (tertiary/aromatic N) is 3. The SMILES string of the molecule is CCN1CCN(C2=C(c3ccc(OC)c(OC)c3)C(=O)N(Cc3ccccc3)C2=O)CC1. The molecule has 2 aromatic rings. The van der Waals surface area contributed by atoms with Crippen molar-refractivity contribution in [3.05, 3.63) is 65.4 Å². The summed E-state index contributed by atoms with van der Waals surface area (Å²) in [7, 11) is 3.13. The van der Waals surface area contributed by atoms with Crippen molar-refractivity contribution in [2.24, 2.45) is 0 Å². The van der Waals surface area contributed by atoms with Gasteiger partial charge in [0.05, 0.1) is 26.3 Å². The molecular weight excluding hydrogens is 406 g/mol. The molecular formula is C25H29N3O4. The number of amides is 2. The van der Waals surface area contributed by atoms with Gasteiger partial charge in [-0.3, -0.25) is 14.5 Å². The third-order valence-corrected chi connectivity index (χ3v) is 6.14. The number of carbonyl (C=O) groups excluding carboxylic acids is 2. The zero-order valence-electron chi connectivity index (χ0n) is 18.8. The summed E-state index contributed by atoms with van der Waals surface area (Å²) in [6, 6.07) is 14.9. The summed E-state index contributed by atoms with van der Waals surface area (Å²) in [5.41, 5.74) is 2.48. The lowest BCUT2D eigenvalue weighted by Gasteiger charge is -2.36. The number of hydrogen-bond acceptors (Lipinski definition) is 6. The van der Waals surface area contributed by atoms with Crippen LogP contribution in [0.2, 0.25) is 0 Å². The van der Waals surface area contributed by atoms with Crippen LogP contribution in [-0.2, 0) is 16.1 Å². The van der Waals surface area contributed by atoms with Crippen molar-refractivity contribution >= 4 is 17.4 Å². The third kappa shape index (κ3) is 4.08. The van der Waals surface area contributed by atoms with Gasteiger partial charge in [0.1, 0.15) is 5.70 Å². The van der Waals surface area contributed by atoms with Crippen molar-refractivity contribution in [3.63, 3.8) is 0 Å². The monoisotopic (exact) mass is 435 g/mol. The molecule has 7 heteroatoms. The topological polar surface area (TPSA) is 62.3 Å². The Kier molecular flexibility index (Phi) is 6.46. The summed E-state index contributed by atoms with van der Waals surface area (Å²) >= 11 is 0. The lowest BCUT2D eigenvalue weighted by Crippen LogP contribution is -2.47. The van der Waals surface area contributed by atoms with Crippen LogP contribution in [0, 0.1) is 0 Å². The molecule has 168 valence electrons. The second-order valence-corrected chi connectivity index (χ2v) is 7.90. The van der Waals surface area contributed by atoms with Crippen LogP contribution < -0.4 is 9.47 Å². The number of piperazine rings is 1. The van der Waals surface area contributed by atoms with Gasteiger partial charge in [-0.2, -0.15) is 0 Å². The highest BCUT2D eigenvalue weighted by atomic mass is 16.5. The number of rotatable bonds is 7. The molecule has 0 radical (unpaired) electrons. The lowest BCUT2D eigenvalue weighted by atomic mass is 10.0. The largest absolute Gasteiger partial charge is 0.493 e. The average Bonchev–Trinajstić information content (AvgIpc) is 3.09. The van der Waals surface area contributed by atoms with E-state index in [9.17, 15) is 9.59 Å². The van der Waals surface area contributed by atoms with Crippen LogP contribution in [0.4, 0.5) is 0 Å². The van der Waals surface area contributed by atoms with Crippen molar-refractivity contribution in [1.29, 1.82) is 0 Å². The van der Waals surface area contributed by atoms with Crippen LogP contribution in [0.15, 0.2) is 54.2 Å². The highest BCUT2D eigenvalue weighted by Gasteiger charge is 2.42. The molecule has 2 aliphatic heterocycles. The number of imide groups is 1. The molecule has 0 unspecified atom stereocenters. The number of methoxy groups -OCH3 is 2. The molecule has 0 bridgehead atoms. The van der Waals surface area contributed by atoms with Crippen LogP contribution in [0.5, 0.6) is 11.5 Å². The fourth-order valence-electron chi connectivity index (χ4n) is 4.31. The summed E-state index contributed by atoms with van der Waals surface area (Å²) in [5, 5.41) is 0. The lowest BCUT2D eigenvalue weighted by molar-refractivity contribution is -0.138. The van der Waals surface area contributed by atoms with Crippen molar-refractivity contribution in [2.75, 3.05) is 46.9 Å². The fraction of sp³-hybridized carbons (Fsp3) is 0.360. The zero-order valence-corrected chi connectivity index (χ0v) is 18.8. The standard InChI is InChI=1S/C25H29N3O4/c1-4-26-12-14-27(15-13-26)23-22(19-10-11-20(31-2)21(16-19)32-3)24(29)28(25(23)30)17-18-8-6-5-7-9-18/h5-11,16H,4,12-15,17H2,1-3H3. The molecule has 0 spiro atoms. The van der Waals surface area contributed by atoms with E-state index in [2.05, 4.69) is 16.7 Å². The molecule has 4 rings (SSSR count). The van der Waals surface area contributed by atoms with Gasteiger partial charge in [-0.05, 0) is 29.8 Å². The normalized spacial score (nSPS) is 17.3. The number of benzene rings is 2. The van der Waals surface area contributed by atoms with E-state index in [-0.39, 0.29) is 18.4 Å². The molecule has 1 saturated heterocycles. The molecule has 0 aliphatic carbocycles. The summed E-state index contributed by atoms with van der Waals surface area (Å²) < 4.78 is 10.8. The minimum Gasteiger partial charge on any atom is -0.493 e. The molecule has 0 atom stereocenters. The van der Waals surface area contributed by atoms with E-state index in [0.717, 1.165) is 25.2 Å². The summed E-state index contributed by atoms with van der Waals surface area (Å²) in [6.45, 7) is 6.49. The maximum atomic E-state index is 13.6. The highest BCUT2D eigenvalue weighted by molar-refractivity contribution is 6.35. The van der Waals surface area contributed by atoms with Gasteiger partial charge in [0, 0.05) is 26.2 Å². The van der Waals surface area contributed by atoms with Crippen molar-refractivity contribution in [3.8, 4) is 11.5 Å². The average molecular weight is 436 g/mol. The molecule has 32 heavy (non-hydrogen) atoms. The molecule has 1 fully saturated rings. The first-order chi connectivity index (χ1) is 15.6. The summed E-state index contributed by atoms with van der Waals surface area (Å²) in [4.78, 5) is 32.9. The first-order valence-electron chi connectivity index (χ1n) is 10.9. The maximum absolute atomic E-state index is 13.6. The molecule has 2 amide bonds. The number of hydrogen-bond donors (Lipinski definition) is 0. The Morgan fingerprint density at radius 1 is 0.844 bits per heavy atom.